The van der Waals surface area contributed by atoms with Crippen LogP contribution in [-0.4, -0.2) is 41.8 Å². The van der Waals surface area contributed by atoms with Crippen LogP contribution in [0, 0.1) is 5.82 Å². The van der Waals surface area contributed by atoms with Crippen LogP contribution in [0.25, 0.3) is 10.8 Å². The Morgan fingerprint density at radius 2 is 1.73 bits per heavy atom. The van der Waals surface area contributed by atoms with E-state index in [2.05, 4.69) is 5.32 Å². The number of carbonyl (C=O) groups is 3. The molecule has 1 aliphatic rings. The van der Waals surface area contributed by atoms with E-state index in [1.54, 1.807) is 18.2 Å². The average molecular weight is 448 g/mol. The fraction of sp³-hybridized carbons (Fsp3) is 0.269. The quantitative estimate of drug-likeness (QED) is 0.570. The molecule has 0 bridgehead atoms. The van der Waals surface area contributed by atoms with Crippen LogP contribution in [-0.2, 0) is 16.1 Å². The van der Waals surface area contributed by atoms with Gasteiger partial charge in [-0.2, -0.15) is 0 Å². The zero-order valence-electron chi connectivity index (χ0n) is 18.7. The highest BCUT2D eigenvalue weighted by Crippen LogP contribution is 2.37. The molecule has 1 heterocycles. The Hall–Kier alpha value is -3.74. The van der Waals surface area contributed by atoms with E-state index in [1.165, 1.54) is 21.9 Å². The number of likely N-dealkylation sites (N-methyl/N-ethyl adjacent to an activating group) is 1. The highest BCUT2D eigenvalue weighted by Gasteiger charge is 2.34. The van der Waals surface area contributed by atoms with Crippen molar-refractivity contribution in [2.24, 2.45) is 0 Å². The molecule has 1 atom stereocenters. The predicted octanol–water partition coefficient (Wildman–Crippen LogP) is 3.88. The second kappa shape index (κ2) is 9.40. The van der Waals surface area contributed by atoms with Gasteiger partial charge in [0.25, 0.3) is 5.91 Å². The maximum absolute atomic E-state index is 13.6. The van der Waals surface area contributed by atoms with Crippen LogP contribution in [0.3, 0.4) is 0 Å². The molecule has 0 spiro atoms. The fourth-order valence-electron chi connectivity index (χ4n) is 4.36. The molecular formula is C26H26FN3O3. The van der Waals surface area contributed by atoms with E-state index in [-0.39, 0.29) is 36.6 Å². The molecule has 0 aromatic heterocycles. The largest absolute Gasteiger partial charge is 0.355 e. The van der Waals surface area contributed by atoms with Crippen LogP contribution in [0.1, 0.15) is 36.2 Å². The molecule has 0 saturated carbocycles. The highest BCUT2D eigenvalue weighted by atomic mass is 19.1. The SMILES string of the molecule is CCNC(=O)[C@@H](CC)N(Cc1ccc(F)cc1)C(=O)CN1C(=O)c2cccc3cccc1c23. The Balaban J connectivity index is 1.65. The second-order valence-electron chi connectivity index (χ2n) is 8.04. The van der Waals surface area contributed by atoms with Gasteiger partial charge in [0.1, 0.15) is 18.4 Å². The van der Waals surface area contributed by atoms with Crippen molar-refractivity contribution in [3.8, 4) is 0 Å². The number of nitrogens with one attached hydrogen (secondary N) is 1. The zero-order chi connectivity index (χ0) is 23.5. The highest BCUT2D eigenvalue weighted by molar-refractivity contribution is 6.26. The Morgan fingerprint density at radius 3 is 2.39 bits per heavy atom. The van der Waals surface area contributed by atoms with Gasteiger partial charge in [0.05, 0.1) is 5.69 Å². The number of anilines is 1. The van der Waals surface area contributed by atoms with Gasteiger partial charge in [-0.25, -0.2) is 4.39 Å². The molecule has 0 fully saturated rings. The van der Waals surface area contributed by atoms with Crippen LogP contribution < -0.4 is 10.2 Å². The van der Waals surface area contributed by atoms with Crippen molar-refractivity contribution in [3.63, 3.8) is 0 Å². The third-order valence-electron chi connectivity index (χ3n) is 5.95. The van der Waals surface area contributed by atoms with Gasteiger partial charge in [0.2, 0.25) is 11.8 Å². The summed E-state index contributed by atoms with van der Waals surface area (Å²) in [5.41, 5.74) is 1.96. The molecular weight excluding hydrogens is 421 g/mol. The summed E-state index contributed by atoms with van der Waals surface area (Å²) in [4.78, 5) is 42.4. The number of nitrogens with zero attached hydrogens (tertiary/aromatic N) is 2. The molecule has 33 heavy (non-hydrogen) atoms. The van der Waals surface area contributed by atoms with E-state index in [9.17, 15) is 18.8 Å². The molecule has 4 rings (SSSR count). The first-order valence-corrected chi connectivity index (χ1v) is 11.1. The van der Waals surface area contributed by atoms with Crippen molar-refractivity contribution >= 4 is 34.2 Å². The van der Waals surface area contributed by atoms with E-state index in [4.69, 9.17) is 0 Å². The number of halogens is 1. The Labute approximate surface area is 192 Å². The summed E-state index contributed by atoms with van der Waals surface area (Å²) in [5, 5.41) is 4.55. The van der Waals surface area contributed by atoms with Gasteiger partial charge in [-0.05, 0) is 48.6 Å². The molecule has 6 nitrogen and oxygen atoms in total. The summed E-state index contributed by atoms with van der Waals surface area (Å²) in [7, 11) is 0. The molecule has 0 aliphatic carbocycles. The fourth-order valence-corrected chi connectivity index (χ4v) is 4.36. The molecule has 0 radical (unpaired) electrons. The van der Waals surface area contributed by atoms with Crippen LogP contribution in [0.15, 0.2) is 60.7 Å². The van der Waals surface area contributed by atoms with Gasteiger partial charge in [0.15, 0.2) is 0 Å². The van der Waals surface area contributed by atoms with Crippen LogP contribution >= 0.6 is 0 Å². The maximum Gasteiger partial charge on any atom is 0.259 e. The lowest BCUT2D eigenvalue weighted by molar-refractivity contribution is -0.140. The van der Waals surface area contributed by atoms with Crippen molar-refractivity contribution in [2.45, 2.75) is 32.9 Å². The van der Waals surface area contributed by atoms with Gasteiger partial charge >= 0.3 is 0 Å². The van der Waals surface area contributed by atoms with Crippen molar-refractivity contribution in [1.82, 2.24) is 10.2 Å². The summed E-state index contributed by atoms with van der Waals surface area (Å²) >= 11 is 0. The molecule has 0 saturated heterocycles. The van der Waals surface area contributed by atoms with Crippen molar-refractivity contribution in [3.05, 3.63) is 77.6 Å². The number of carbonyl (C=O) groups excluding carboxylic acids is 3. The summed E-state index contributed by atoms with van der Waals surface area (Å²) in [6.45, 7) is 4.04. The third kappa shape index (κ3) is 4.31. The lowest BCUT2D eigenvalue weighted by Gasteiger charge is -2.32. The first-order valence-electron chi connectivity index (χ1n) is 11.1. The molecule has 3 aromatic rings. The molecule has 7 heteroatoms. The standard InChI is InChI=1S/C26H26FN3O3/c1-3-21(25(32)28-4-2)29(15-17-11-13-19(27)14-12-17)23(31)16-30-22-10-6-8-18-7-5-9-20(24(18)22)26(30)33/h5-14,21H,3-4,15-16H2,1-2H3,(H,28,32)/t21-/m1/s1. The van der Waals surface area contributed by atoms with Crippen LogP contribution in [0.5, 0.6) is 0 Å². The predicted molar refractivity (Wildman–Crippen MR) is 125 cm³/mol. The zero-order valence-corrected chi connectivity index (χ0v) is 18.7. The first kappa shape index (κ1) is 22.5. The normalized spacial score (nSPS) is 13.3. The van der Waals surface area contributed by atoms with E-state index < -0.39 is 6.04 Å². The van der Waals surface area contributed by atoms with Gasteiger partial charge in [-0.3, -0.25) is 19.3 Å². The number of hydrogen-bond acceptors (Lipinski definition) is 3. The second-order valence-corrected chi connectivity index (χ2v) is 8.04. The number of amides is 3. The van der Waals surface area contributed by atoms with Crippen LogP contribution in [0.2, 0.25) is 0 Å². The van der Waals surface area contributed by atoms with Gasteiger partial charge in [0, 0.05) is 24.0 Å². The molecule has 3 aromatic carbocycles. The number of rotatable bonds is 8. The summed E-state index contributed by atoms with van der Waals surface area (Å²) in [5.74, 6) is -1.21. The van der Waals surface area contributed by atoms with E-state index in [0.717, 1.165) is 10.8 Å². The minimum absolute atomic E-state index is 0.133. The monoisotopic (exact) mass is 447 g/mol. The summed E-state index contributed by atoms with van der Waals surface area (Å²) in [6, 6.07) is 16.3. The molecule has 1 N–H and O–H groups in total. The van der Waals surface area contributed by atoms with Crippen molar-refractivity contribution in [2.75, 3.05) is 18.0 Å². The Bertz CT molecular complexity index is 1200. The van der Waals surface area contributed by atoms with Gasteiger partial charge in [-0.15, -0.1) is 0 Å². The summed E-state index contributed by atoms with van der Waals surface area (Å²) < 4.78 is 13.4. The Kier molecular flexibility index (Phi) is 6.40. The van der Waals surface area contributed by atoms with Gasteiger partial charge in [-0.1, -0.05) is 43.3 Å². The van der Waals surface area contributed by atoms with Crippen molar-refractivity contribution in [1.29, 1.82) is 0 Å². The molecule has 1 aliphatic heterocycles. The Morgan fingerprint density at radius 1 is 1.03 bits per heavy atom. The minimum Gasteiger partial charge on any atom is -0.355 e. The average Bonchev–Trinajstić information content (AvgIpc) is 3.08. The number of benzene rings is 3. The van der Waals surface area contributed by atoms with E-state index in [0.29, 0.717) is 29.8 Å². The third-order valence-corrected chi connectivity index (χ3v) is 5.95. The topological polar surface area (TPSA) is 69.7 Å². The van der Waals surface area contributed by atoms with Crippen molar-refractivity contribution < 1.29 is 18.8 Å². The van der Waals surface area contributed by atoms with E-state index >= 15 is 0 Å². The van der Waals surface area contributed by atoms with Gasteiger partial charge < -0.3 is 10.2 Å². The van der Waals surface area contributed by atoms with Crippen LogP contribution in [0.4, 0.5) is 10.1 Å². The summed E-state index contributed by atoms with van der Waals surface area (Å²) in [6.07, 6.45) is 0.405. The minimum atomic E-state index is -0.710. The molecule has 3 amide bonds. The molecule has 170 valence electrons. The maximum atomic E-state index is 13.6. The lowest BCUT2D eigenvalue weighted by Crippen LogP contribution is -2.52. The first-order chi connectivity index (χ1) is 15.9. The molecule has 0 unspecified atom stereocenters. The van der Waals surface area contributed by atoms with E-state index in [1.807, 2.05) is 44.2 Å². The smallest absolute Gasteiger partial charge is 0.259 e. The lowest BCUT2D eigenvalue weighted by atomic mass is 10.1. The number of hydrogen-bond donors (Lipinski definition) is 1.